The van der Waals surface area contributed by atoms with Crippen molar-refractivity contribution < 1.29 is 0 Å². The maximum Gasteiger partial charge on any atom is 0.134 e. The Kier molecular flexibility index (Phi) is 4.65. The van der Waals surface area contributed by atoms with E-state index in [0.29, 0.717) is 0 Å². The summed E-state index contributed by atoms with van der Waals surface area (Å²) in [6.45, 7) is 5.10. The molecule has 108 valence electrons. The molecule has 1 N–H and O–H groups in total. The van der Waals surface area contributed by atoms with Crippen LogP contribution in [0, 0.1) is 0 Å². The first-order chi connectivity index (χ1) is 9.86. The maximum absolute atomic E-state index is 4.32. The topological polar surface area (TPSA) is 41.1 Å². The standard InChI is InChI=1S/C14H20N4S2/c1-2-6-15-14-13(16-17-20-14)9-18(12-3-4-12)8-11-5-7-19-10-11/h5,7,10,12,15H,2-4,6,8-9H2,1H3. The predicted octanol–water partition coefficient (Wildman–Crippen LogP) is 3.59. The third kappa shape index (κ3) is 3.56. The van der Waals surface area contributed by atoms with Gasteiger partial charge in [0.05, 0.1) is 0 Å². The lowest BCUT2D eigenvalue weighted by Crippen LogP contribution is -2.25. The molecule has 0 spiro atoms. The van der Waals surface area contributed by atoms with Crippen LogP contribution in [0.3, 0.4) is 0 Å². The minimum atomic E-state index is 0.732. The lowest BCUT2D eigenvalue weighted by molar-refractivity contribution is 0.243. The molecule has 6 heteroatoms. The number of thiophene rings is 1. The quantitative estimate of drug-likeness (QED) is 0.809. The molecule has 4 nitrogen and oxygen atoms in total. The van der Waals surface area contributed by atoms with E-state index in [2.05, 4.69) is 43.6 Å². The number of hydrogen-bond acceptors (Lipinski definition) is 6. The van der Waals surface area contributed by atoms with E-state index < -0.39 is 0 Å². The van der Waals surface area contributed by atoms with Crippen molar-refractivity contribution >= 4 is 27.9 Å². The van der Waals surface area contributed by atoms with Gasteiger partial charge < -0.3 is 5.32 Å². The fourth-order valence-electron chi connectivity index (χ4n) is 2.25. The van der Waals surface area contributed by atoms with E-state index in [1.54, 1.807) is 11.3 Å². The summed E-state index contributed by atoms with van der Waals surface area (Å²) >= 11 is 3.25. The first-order valence-corrected chi connectivity index (χ1v) is 8.88. The molecule has 1 saturated carbocycles. The molecule has 2 heterocycles. The minimum absolute atomic E-state index is 0.732. The van der Waals surface area contributed by atoms with Crippen molar-refractivity contribution in [2.75, 3.05) is 11.9 Å². The average molecular weight is 308 g/mol. The summed E-state index contributed by atoms with van der Waals surface area (Å²) in [5.41, 5.74) is 2.51. The smallest absolute Gasteiger partial charge is 0.134 e. The highest BCUT2D eigenvalue weighted by atomic mass is 32.1. The van der Waals surface area contributed by atoms with Gasteiger partial charge in [-0.05, 0) is 41.7 Å². The molecule has 1 aliphatic carbocycles. The molecule has 3 rings (SSSR count). The molecule has 0 aliphatic heterocycles. The Bertz CT molecular complexity index is 519. The molecule has 20 heavy (non-hydrogen) atoms. The molecule has 0 radical (unpaired) electrons. The van der Waals surface area contributed by atoms with E-state index in [0.717, 1.165) is 42.8 Å². The summed E-state index contributed by atoms with van der Waals surface area (Å²) in [7, 11) is 0. The highest BCUT2D eigenvalue weighted by Gasteiger charge is 2.30. The van der Waals surface area contributed by atoms with Crippen LogP contribution in [0.15, 0.2) is 16.8 Å². The zero-order valence-electron chi connectivity index (χ0n) is 11.7. The fourth-order valence-corrected chi connectivity index (χ4v) is 3.51. The van der Waals surface area contributed by atoms with E-state index in [-0.39, 0.29) is 0 Å². The summed E-state index contributed by atoms with van der Waals surface area (Å²) in [5, 5.41) is 13.3. The van der Waals surface area contributed by atoms with Crippen LogP contribution < -0.4 is 5.32 Å². The molecule has 0 aromatic carbocycles. The Morgan fingerprint density at radius 1 is 1.40 bits per heavy atom. The number of aromatic nitrogens is 2. The molecular formula is C14H20N4S2. The molecular weight excluding hydrogens is 288 g/mol. The van der Waals surface area contributed by atoms with Gasteiger partial charge in [0.25, 0.3) is 0 Å². The Balaban J connectivity index is 1.65. The van der Waals surface area contributed by atoms with E-state index in [1.165, 1.54) is 29.9 Å². The predicted molar refractivity (Wildman–Crippen MR) is 85.3 cm³/mol. The Morgan fingerprint density at radius 3 is 3.00 bits per heavy atom. The lowest BCUT2D eigenvalue weighted by atomic mass is 10.3. The largest absolute Gasteiger partial charge is 0.374 e. The third-order valence-electron chi connectivity index (χ3n) is 3.47. The highest BCUT2D eigenvalue weighted by molar-refractivity contribution is 7.10. The summed E-state index contributed by atoms with van der Waals surface area (Å²) < 4.78 is 4.11. The number of anilines is 1. The lowest BCUT2D eigenvalue weighted by Gasteiger charge is -2.20. The van der Waals surface area contributed by atoms with Crippen molar-refractivity contribution in [2.24, 2.45) is 0 Å². The number of hydrogen-bond donors (Lipinski definition) is 1. The van der Waals surface area contributed by atoms with Gasteiger partial charge in [-0.25, -0.2) is 0 Å². The molecule has 0 saturated heterocycles. The van der Waals surface area contributed by atoms with Gasteiger partial charge in [-0.2, -0.15) is 11.3 Å². The van der Waals surface area contributed by atoms with Gasteiger partial charge in [-0.15, -0.1) is 5.10 Å². The van der Waals surface area contributed by atoms with Gasteiger partial charge >= 0.3 is 0 Å². The SMILES string of the molecule is CCCNc1snnc1CN(Cc1ccsc1)C1CC1. The summed E-state index contributed by atoms with van der Waals surface area (Å²) in [6, 6.07) is 2.95. The molecule has 2 aromatic heterocycles. The minimum Gasteiger partial charge on any atom is -0.374 e. The van der Waals surface area contributed by atoms with Crippen molar-refractivity contribution in [2.45, 2.75) is 45.3 Å². The first-order valence-electron chi connectivity index (χ1n) is 7.17. The summed E-state index contributed by atoms with van der Waals surface area (Å²) in [6.07, 6.45) is 3.76. The van der Waals surface area contributed by atoms with Crippen molar-refractivity contribution in [1.82, 2.24) is 14.5 Å². The van der Waals surface area contributed by atoms with Gasteiger partial charge in [0.1, 0.15) is 10.7 Å². The zero-order valence-corrected chi connectivity index (χ0v) is 13.3. The van der Waals surface area contributed by atoms with E-state index in [9.17, 15) is 0 Å². The number of rotatable bonds is 8. The van der Waals surface area contributed by atoms with Crippen molar-refractivity contribution in [3.63, 3.8) is 0 Å². The number of nitrogens with zero attached hydrogens (tertiary/aromatic N) is 3. The van der Waals surface area contributed by atoms with Crippen LogP contribution in [-0.4, -0.2) is 27.1 Å². The molecule has 0 atom stereocenters. The third-order valence-corrected chi connectivity index (χ3v) is 4.93. The molecule has 1 fully saturated rings. The van der Waals surface area contributed by atoms with E-state index >= 15 is 0 Å². The van der Waals surface area contributed by atoms with Crippen molar-refractivity contribution in [3.8, 4) is 0 Å². The molecule has 0 amide bonds. The van der Waals surface area contributed by atoms with E-state index in [4.69, 9.17) is 0 Å². The van der Waals surface area contributed by atoms with E-state index in [1.807, 2.05) is 0 Å². The summed E-state index contributed by atoms with van der Waals surface area (Å²) in [5.74, 6) is 0. The Hall–Kier alpha value is -0.980. The van der Waals surface area contributed by atoms with Gasteiger partial charge in [-0.3, -0.25) is 4.90 Å². The second-order valence-corrected chi connectivity index (χ2v) is 6.78. The molecule has 0 unspecified atom stereocenters. The van der Waals surface area contributed by atoms with Crippen LogP contribution in [-0.2, 0) is 13.1 Å². The first kappa shape index (κ1) is 14.0. The summed E-state index contributed by atoms with van der Waals surface area (Å²) in [4.78, 5) is 2.54. The zero-order chi connectivity index (χ0) is 13.8. The highest BCUT2D eigenvalue weighted by Crippen LogP contribution is 2.31. The average Bonchev–Trinajstić information content (AvgIpc) is 3.00. The monoisotopic (exact) mass is 308 g/mol. The van der Waals surface area contributed by atoms with Gasteiger partial charge in [0, 0.05) is 37.2 Å². The van der Waals surface area contributed by atoms with Crippen LogP contribution in [0.4, 0.5) is 5.00 Å². The van der Waals surface area contributed by atoms with Crippen LogP contribution in [0.2, 0.25) is 0 Å². The van der Waals surface area contributed by atoms with Gasteiger partial charge in [-0.1, -0.05) is 11.4 Å². The molecule has 2 aromatic rings. The van der Waals surface area contributed by atoms with Crippen molar-refractivity contribution in [3.05, 3.63) is 28.1 Å². The normalized spacial score (nSPS) is 14.9. The Labute approximate surface area is 128 Å². The van der Waals surface area contributed by atoms with Crippen LogP contribution in [0.5, 0.6) is 0 Å². The maximum atomic E-state index is 4.32. The van der Waals surface area contributed by atoms with Crippen LogP contribution in [0.25, 0.3) is 0 Å². The molecule has 0 bridgehead atoms. The second-order valence-electron chi connectivity index (χ2n) is 5.24. The van der Waals surface area contributed by atoms with Crippen LogP contribution >= 0.6 is 22.9 Å². The Morgan fingerprint density at radius 2 is 2.30 bits per heavy atom. The fraction of sp³-hybridized carbons (Fsp3) is 0.571. The number of nitrogens with one attached hydrogen (secondary N) is 1. The second kappa shape index (κ2) is 6.65. The van der Waals surface area contributed by atoms with Crippen molar-refractivity contribution in [1.29, 1.82) is 0 Å². The van der Waals surface area contributed by atoms with Crippen LogP contribution in [0.1, 0.15) is 37.4 Å². The molecule has 1 aliphatic rings. The van der Waals surface area contributed by atoms with Gasteiger partial charge in [0.2, 0.25) is 0 Å². The van der Waals surface area contributed by atoms with Gasteiger partial charge in [0.15, 0.2) is 0 Å².